The molecule has 1 heterocycles. The van der Waals surface area contributed by atoms with Gasteiger partial charge >= 0.3 is 0 Å². The zero-order valence-corrected chi connectivity index (χ0v) is 12.6. The first-order valence-corrected chi connectivity index (χ1v) is 7.47. The second kappa shape index (κ2) is 6.10. The summed E-state index contributed by atoms with van der Waals surface area (Å²) in [6, 6.07) is 15.4. The van der Waals surface area contributed by atoms with Gasteiger partial charge in [0.25, 0.3) is 0 Å². The number of nitrogens with zero attached hydrogens (tertiary/aromatic N) is 2. The lowest BCUT2D eigenvalue weighted by Gasteiger charge is -2.17. The van der Waals surface area contributed by atoms with Crippen molar-refractivity contribution in [2.45, 2.75) is 25.9 Å². The van der Waals surface area contributed by atoms with E-state index in [2.05, 4.69) is 64.3 Å². The van der Waals surface area contributed by atoms with Crippen LogP contribution in [-0.2, 0) is 13.0 Å². The second-order valence-corrected chi connectivity index (χ2v) is 5.28. The predicted molar refractivity (Wildman–Crippen MR) is 87.4 cm³/mol. The zero-order valence-electron chi connectivity index (χ0n) is 12.6. The molecular formula is C18H21N3. The van der Waals surface area contributed by atoms with E-state index >= 15 is 0 Å². The molecule has 3 heteroatoms. The van der Waals surface area contributed by atoms with Gasteiger partial charge in [0.05, 0.1) is 0 Å². The van der Waals surface area contributed by atoms with E-state index in [1.165, 1.54) is 16.3 Å². The molecule has 1 unspecified atom stereocenters. The van der Waals surface area contributed by atoms with Crippen molar-refractivity contribution in [3.05, 3.63) is 66.2 Å². The SMILES string of the molecule is CCn1ccnc1CC(NC)c1ccc2ccccc2c1. The highest BCUT2D eigenvalue weighted by molar-refractivity contribution is 5.83. The van der Waals surface area contributed by atoms with E-state index in [0.717, 1.165) is 18.8 Å². The lowest BCUT2D eigenvalue weighted by Crippen LogP contribution is -2.20. The number of aryl methyl sites for hydroxylation is 1. The fourth-order valence-corrected chi connectivity index (χ4v) is 2.81. The maximum Gasteiger partial charge on any atom is 0.110 e. The van der Waals surface area contributed by atoms with Gasteiger partial charge in [0.15, 0.2) is 0 Å². The summed E-state index contributed by atoms with van der Waals surface area (Å²) in [6.07, 6.45) is 4.82. The number of likely N-dealkylation sites (N-methyl/N-ethyl adjacent to an activating group) is 1. The van der Waals surface area contributed by atoms with E-state index in [4.69, 9.17) is 0 Å². The molecule has 1 aromatic heterocycles. The zero-order chi connectivity index (χ0) is 14.7. The van der Waals surface area contributed by atoms with Gasteiger partial charge in [0.2, 0.25) is 0 Å². The van der Waals surface area contributed by atoms with E-state index in [0.29, 0.717) is 0 Å². The maximum atomic E-state index is 4.49. The van der Waals surface area contributed by atoms with Crippen molar-refractivity contribution in [1.82, 2.24) is 14.9 Å². The standard InChI is InChI=1S/C18H21N3/c1-3-21-11-10-20-18(21)13-17(19-2)16-9-8-14-6-4-5-7-15(14)12-16/h4-12,17,19H,3,13H2,1-2H3. The largest absolute Gasteiger partial charge is 0.335 e. The van der Waals surface area contributed by atoms with Crippen LogP contribution in [0.5, 0.6) is 0 Å². The molecule has 1 N–H and O–H groups in total. The summed E-state index contributed by atoms with van der Waals surface area (Å²) >= 11 is 0. The molecule has 3 nitrogen and oxygen atoms in total. The molecule has 108 valence electrons. The van der Waals surface area contributed by atoms with E-state index < -0.39 is 0 Å². The Balaban J connectivity index is 1.90. The van der Waals surface area contributed by atoms with Crippen LogP contribution in [0.25, 0.3) is 10.8 Å². The van der Waals surface area contributed by atoms with Crippen molar-refractivity contribution in [2.24, 2.45) is 0 Å². The summed E-state index contributed by atoms with van der Waals surface area (Å²) in [7, 11) is 2.01. The van der Waals surface area contributed by atoms with Crippen molar-refractivity contribution in [1.29, 1.82) is 0 Å². The molecule has 0 spiro atoms. The van der Waals surface area contributed by atoms with Crippen LogP contribution in [0, 0.1) is 0 Å². The van der Waals surface area contributed by atoms with Crippen molar-refractivity contribution in [2.75, 3.05) is 7.05 Å². The fourth-order valence-electron chi connectivity index (χ4n) is 2.81. The van der Waals surface area contributed by atoms with Gasteiger partial charge in [-0.2, -0.15) is 0 Å². The highest BCUT2D eigenvalue weighted by Gasteiger charge is 2.13. The van der Waals surface area contributed by atoms with E-state index in [1.807, 2.05) is 19.4 Å². The summed E-state index contributed by atoms with van der Waals surface area (Å²) in [5.74, 6) is 1.13. The third kappa shape index (κ3) is 2.83. The van der Waals surface area contributed by atoms with Crippen molar-refractivity contribution >= 4 is 10.8 Å². The highest BCUT2D eigenvalue weighted by Crippen LogP contribution is 2.22. The lowest BCUT2D eigenvalue weighted by atomic mass is 9.99. The Morgan fingerprint density at radius 2 is 1.95 bits per heavy atom. The number of fused-ring (bicyclic) bond motifs is 1. The van der Waals surface area contributed by atoms with Crippen LogP contribution in [0.3, 0.4) is 0 Å². The molecule has 1 atom stereocenters. The summed E-state index contributed by atoms with van der Waals surface area (Å²) in [5, 5.41) is 5.99. The Morgan fingerprint density at radius 3 is 2.71 bits per heavy atom. The first kappa shape index (κ1) is 13.8. The first-order valence-electron chi connectivity index (χ1n) is 7.47. The predicted octanol–water partition coefficient (Wildman–Crippen LogP) is 3.56. The molecule has 0 amide bonds. The van der Waals surface area contributed by atoms with Crippen LogP contribution in [0.15, 0.2) is 54.9 Å². The van der Waals surface area contributed by atoms with Gasteiger partial charge in [-0.15, -0.1) is 0 Å². The molecule has 3 aromatic rings. The molecule has 21 heavy (non-hydrogen) atoms. The van der Waals surface area contributed by atoms with Gasteiger partial charge in [-0.25, -0.2) is 4.98 Å². The molecule has 3 rings (SSSR count). The average molecular weight is 279 g/mol. The molecule has 0 saturated heterocycles. The van der Waals surface area contributed by atoms with Crippen molar-refractivity contribution in [3.63, 3.8) is 0 Å². The van der Waals surface area contributed by atoms with Crippen LogP contribution in [0.4, 0.5) is 0 Å². The Morgan fingerprint density at radius 1 is 1.14 bits per heavy atom. The molecular weight excluding hydrogens is 258 g/mol. The molecule has 0 aliphatic heterocycles. The average Bonchev–Trinajstić information content (AvgIpc) is 2.99. The minimum Gasteiger partial charge on any atom is -0.335 e. The Bertz CT molecular complexity index is 730. The van der Waals surface area contributed by atoms with Crippen LogP contribution >= 0.6 is 0 Å². The van der Waals surface area contributed by atoms with E-state index in [-0.39, 0.29) is 6.04 Å². The minimum absolute atomic E-state index is 0.280. The van der Waals surface area contributed by atoms with E-state index in [9.17, 15) is 0 Å². The van der Waals surface area contributed by atoms with Crippen molar-refractivity contribution in [3.8, 4) is 0 Å². The number of benzene rings is 2. The summed E-state index contributed by atoms with van der Waals surface area (Å²) in [6.45, 7) is 3.11. The molecule has 0 aliphatic rings. The minimum atomic E-state index is 0.280. The smallest absolute Gasteiger partial charge is 0.110 e. The van der Waals surface area contributed by atoms with Crippen LogP contribution < -0.4 is 5.32 Å². The van der Waals surface area contributed by atoms with Gasteiger partial charge in [0.1, 0.15) is 5.82 Å². The third-order valence-corrected chi connectivity index (χ3v) is 4.05. The summed E-state index contributed by atoms with van der Waals surface area (Å²) in [4.78, 5) is 4.49. The lowest BCUT2D eigenvalue weighted by molar-refractivity contribution is 0.553. The van der Waals surface area contributed by atoms with Crippen LogP contribution in [0.1, 0.15) is 24.4 Å². The van der Waals surface area contributed by atoms with Gasteiger partial charge in [0, 0.05) is 31.4 Å². The van der Waals surface area contributed by atoms with Gasteiger partial charge < -0.3 is 9.88 Å². The van der Waals surface area contributed by atoms with E-state index in [1.54, 1.807) is 0 Å². The highest BCUT2D eigenvalue weighted by atomic mass is 15.1. The third-order valence-electron chi connectivity index (χ3n) is 4.05. The summed E-state index contributed by atoms with van der Waals surface area (Å²) in [5.41, 5.74) is 1.31. The Hall–Kier alpha value is -2.13. The molecule has 2 aromatic carbocycles. The van der Waals surface area contributed by atoms with Gasteiger partial charge in [-0.1, -0.05) is 36.4 Å². The monoisotopic (exact) mass is 279 g/mol. The quantitative estimate of drug-likeness (QED) is 0.774. The number of hydrogen-bond acceptors (Lipinski definition) is 2. The Labute approximate surface area is 125 Å². The molecule has 0 bridgehead atoms. The number of rotatable bonds is 5. The first-order chi connectivity index (χ1) is 10.3. The molecule has 0 aliphatic carbocycles. The van der Waals surface area contributed by atoms with Gasteiger partial charge in [-0.05, 0) is 36.4 Å². The maximum absolute atomic E-state index is 4.49. The number of aromatic nitrogens is 2. The normalized spacial score (nSPS) is 12.7. The number of nitrogens with one attached hydrogen (secondary N) is 1. The van der Waals surface area contributed by atoms with Crippen LogP contribution in [-0.4, -0.2) is 16.6 Å². The fraction of sp³-hybridized carbons (Fsp3) is 0.278. The van der Waals surface area contributed by atoms with Gasteiger partial charge in [-0.3, -0.25) is 0 Å². The number of hydrogen-bond donors (Lipinski definition) is 1. The summed E-state index contributed by atoms with van der Waals surface area (Å²) < 4.78 is 2.20. The molecule has 0 fully saturated rings. The topological polar surface area (TPSA) is 29.9 Å². The van der Waals surface area contributed by atoms with Crippen molar-refractivity contribution < 1.29 is 0 Å². The number of imidazole rings is 1. The molecule has 0 radical (unpaired) electrons. The Kier molecular flexibility index (Phi) is 4.02. The van der Waals surface area contributed by atoms with Crippen LogP contribution in [0.2, 0.25) is 0 Å². The molecule has 0 saturated carbocycles. The second-order valence-electron chi connectivity index (χ2n) is 5.28.